The maximum atomic E-state index is 5.67. The predicted molar refractivity (Wildman–Crippen MR) is 82.5 cm³/mol. The Morgan fingerprint density at radius 1 is 1.47 bits per heavy atom. The molecule has 1 fully saturated rings. The zero-order valence-electron chi connectivity index (χ0n) is 13.2. The Bertz CT molecular complexity index is 267. The summed E-state index contributed by atoms with van der Waals surface area (Å²) in [5.74, 6) is 0.682. The molecule has 0 bridgehead atoms. The van der Waals surface area contributed by atoms with Crippen LogP contribution in [-0.4, -0.2) is 49.3 Å². The second-order valence-corrected chi connectivity index (χ2v) is 6.27. The smallest absolute Gasteiger partial charge is 0.0593 e. The van der Waals surface area contributed by atoms with Crippen molar-refractivity contribution in [1.29, 1.82) is 0 Å². The zero-order chi connectivity index (χ0) is 14.3. The van der Waals surface area contributed by atoms with Crippen molar-refractivity contribution < 1.29 is 4.74 Å². The van der Waals surface area contributed by atoms with E-state index in [4.69, 9.17) is 4.74 Å². The van der Waals surface area contributed by atoms with Crippen LogP contribution in [0.3, 0.4) is 0 Å². The van der Waals surface area contributed by atoms with Gasteiger partial charge in [0.25, 0.3) is 0 Å². The van der Waals surface area contributed by atoms with Gasteiger partial charge < -0.3 is 10.1 Å². The zero-order valence-corrected chi connectivity index (χ0v) is 13.2. The molecular weight excluding hydrogens is 236 g/mol. The molecular formula is C16H32N2O. The molecule has 1 saturated heterocycles. The molecule has 2 unspecified atom stereocenters. The van der Waals surface area contributed by atoms with E-state index in [9.17, 15) is 0 Å². The van der Waals surface area contributed by atoms with E-state index in [1.165, 1.54) is 6.42 Å². The Kier molecular flexibility index (Phi) is 7.05. The normalized spacial score (nSPS) is 28.8. The van der Waals surface area contributed by atoms with Crippen molar-refractivity contribution in [2.45, 2.75) is 52.1 Å². The molecule has 1 rings (SSSR count). The fourth-order valence-electron chi connectivity index (χ4n) is 2.69. The van der Waals surface area contributed by atoms with Gasteiger partial charge in [0.1, 0.15) is 0 Å². The number of nitrogens with zero attached hydrogens (tertiary/aromatic N) is 1. The monoisotopic (exact) mass is 268 g/mol. The second-order valence-electron chi connectivity index (χ2n) is 6.27. The number of ether oxygens (including phenoxy) is 1. The molecule has 0 saturated carbocycles. The van der Waals surface area contributed by atoms with Gasteiger partial charge in [-0.25, -0.2) is 0 Å². The summed E-state index contributed by atoms with van der Waals surface area (Å²) in [7, 11) is 0. The van der Waals surface area contributed by atoms with E-state index in [2.05, 4.69) is 44.5 Å². The summed E-state index contributed by atoms with van der Waals surface area (Å²) in [6.07, 6.45) is 4.03. The fourth-order valence-corrected chi connectivity index (χ4v) is 2.69. The molecule has 0 aliphatic carbocycles. The predicted octanol–water partition coefficient (Wildman–Crippen LogP) is 2.68. The third-order valence-electron chi connectivity index (χ3n) is 4.30. The van der Waals surface area contributed by atoms with Gasteiger partial charge >= 0.3 is 0 Å². The minimum atomic E-state index is 0.256. The second kappa shape index (κ2) is 8.03. The first-order valence-electron chi connectivity index (χ1n) is 7.70. The SMILES string of the molecule is C=CCCOCCN1CC(C)(CC)NCC1C(C)C. The molecule has 1 heterocycles. The highest BCUT2D eigenvalue weighted by molar-refractivity contribution is 4.95. The summed E-state index contributed by atoms with van der Waals surface area (Å²) in [5.41, 5.74) is 0.256. The third-order valence-corrected chi connectivity index (χ3v) is 4.30. The molecule has 3 nitrogen and oxygen atoms in total. The van der Waals surface area contributed by atoms with Gasteiger partial charge in [-0.15, -0.1) is 6.58 Å². The molecule has 0 spiro atoms. The van der Waals surface area contributed by atoms with Crippen molar-refractivity contribution in [1.82, 2.24) is 10.2 Å². The number of nitrogens with one attached hydrogen (secondary N) is 1. The first-order valence-corrected chi connectivity index (χ1v) is 7.70. The molecule has 1 N–H and O–H groups in total. The van der Waals surface area contributed by atoms with Crippen molar-refractivity contribution >= 4 is 0 Å². The average Bonchev–Trinajstić information content (AvgIpc) is 2.38. The maximum Gasteiger partial charge on any atom is 0.0593 e. The van der Waals surface area contributed by atoms with Crippen molar-refractivity contribution in [3.8, 4) is 0 Å². The quantitative estimate of drug-likeness (QED) is 0.541. The van der Waals surface area contributed by atoms with Crippen LogP contribution in [0.4, 0.5) is 0 Å². The summed E-state index contributed by atoms with van der Waals surface area (Å²) in [6.45, 7) is 17.8. The van der Waals surface area contributed by atoms with Gasteiger partial charge in [-0.1, -0.05) is 26.8 Å². The Hall–Kier alpha value is -0.380. The Morgan fingerprint density at radius 2 is 2.21 bits per heavy atom. The number of hydrogen-bond donors (Lipinski definition) is 1. The van der Waals surface area contributed by atoms with Gasteiger partial charge in [0.05, 0.1) is 13.2 Å². The molecule has 19 heavy (non-hydrogen) atoms. The lowest BCUT2D eigenvalue weighted by Gasteiger charge is -2.47. The fraction of sp³-hybridized carbons (Fsp3) is 0.875. The van der Waals surface area contributed by atoms with E-state index in [1.807, 2.05) is 6.08 Å². The number of hydrogen-bond acceptors (Lipinski definition) is 3. The summed E-state index contributed by atoms with van der Waals surface area (Å²) < 4.78 is 5.67. The molecule has 1 aliphatic heterocycles. The van der Waals surface area contributed by atoms with E-state index in [0.29, 0.717) is 12.0 Å². The van der Waals surface area contributed by atoms with Crippen molar-refractivity contribution in [3.63, 3.8) is 0 Å². The lowest BCUT2D eigenvalue weighted by atomic mass is 9.90. The van der Waals surface area contributed by atoms with Gasteiger partial charge in [0.2, 0.25) is 0 Å². The summed E-state index contributed by atoms with van der Waals surface area (Å²) in [6, 6.07) is 0.627. The first kappa shape index (κ1) is 16.7. The van der Waals surface area contributed by atoms with E-state index in [1.54, 1.807) is 0 Å². The van der Waals surface area contributed by atoms with Crippen molar-refractivity contribution in [3.05, 3.63) is 12.7 Å². The molecule has 0 aromatic heterocycles. The van der Waals surface area contributed by atoms with Gasteiger partial charge in [-0.3, -0.25) is 4.90 Å². The van der Waals surface area contributed by atoms with Crippen LogP contribution in [0, 0.1) is 5.92 Å². The topological polar surface area (TPSA) is 24.5 Å². The Balaban J connectivity index is 2.45. The Morgan fingerprint density at radius 3 is 2.79 bits per heavy atom. The van der Waals surface area contributed by atoms with Gasteiger partial charge in [-0.05, 0) is 25.7 Å². The summed E-state index contributed by atoms with van der Waals surface area (Å²) in [5, 5.41) is 3.72. The lowest BCUT2D eigenvalue weighted by molar-refractivity contribution is 0.0290. The van der Waals surface area contributed by atoms with Crippen LogP contribution in [-0.2, 0) is 4.74 Å². The highest BCUT2D eigenvalue weighted by Crippen LogP contribution is 2.22. The molecule has 0 aromatic rings. The maximum absolute atomic E-state index is 5.67. The van der Waals surface area contributed by atoms with Crippen LogP contribution in [0.1, 0.15) is 40.5 Å². The van der Waals surface area contributed by atoms with Crippen molar-refractivity contribution in [2.24, 2.45) is 5.92 Å². The van der Waals surface area contributed by atoms with Gasteiger partial charge in [0, 0.05) is 31.2 Å². The van der Waals surface area contributed by atoms with E-state index >= 15 is 0 Å². The van der Waals surface area contributed by atoms with Gasteiger partial charge in [-0.2, -0.15) is 0 Å². The minimum Gasteiger partial charge on any atom is -0.380 e. The number of piperazine rings is 1. The average molecular weight is 268 g/mol. The molecule has 112 valence electrons. The summed E-state index contributed by atoms with van der Waals surface area (Å²) >= 11 is 0. The summed E-state index contributed by atoms with van der Waals surface area (Å²) in [4.78, 5) is 2.61. The van der Waals surface area contributed by atoms with Gasteiger partial charge in [0.15, 0.2) is 0 Å². The molecule has 1 aliphatic rings. The van der Waals surface area contributed by atoms with E-state index in [0.717, 1.165) is 39.3 Å². The minimum absolute atomic E-state index is 0.256. The van der Waals surface area contributed by atoms with Crippen LogP contribution in [0.5, 0.6) is 0 Å². The van der Waals surface area contributed by atoms with Crippen LogP contribution in [0.25, 0.3) is 0 Å². The van der Waals surface area contributed by atoms with E-state index < -0.39 is 0 Å². The largest absolute Gasteiger partial charge is 0.380 e. The molecule has 2 atom stereocenters. The van der Waals surface area contributed by atoms with Crippen molar-refractivity contribution in [2.75, 3.05) is 32.8 Å². The lowest BCUT2D eigenvalue weighted by Crippen LogP contribution is -2.64. The van der Waals surface area contributed by atoms with Crippen LogP contribution in [0.15, 0.2) is 12.7 Å². The van der Waals surface area contributed by atoms with Crippen LogP contribution >= 0.6 is 0 Å². The highest BCUT2D eigenvalue weighted by atomic mass is 16.5. The first-order chi connectivity index (χ1) is 9.02. The molecule has 0 amide bonds. The third kappa shape index (κ3) is 5.25. The highest BCUT2D eigenvalue weighted by Gasteiger charge is 2.35. The van der Waals surface area contributed by atoms with E-state index in [-0.39, 0.29) is 5.54 Å². The Labute approximate surface area is 119 Å². The molecule has 3 heteroatoms. The standard InChI is InChI=1S/C16H32N2O/c1-6-8-10-19-11-9-18-13-16(5,7-2)17-12-15(18)14(3)4/h6,14-15,17H,1,7-13H2,2-5H3. The molecule has 0 aromatic carbocycles. The number of rotatable bonds is 8. The van der Waals surface area contributed by atoms with Crippen LogP contribution < -0.4 is 5.32 Å². The molecule has 0 radical (unpaired) electrons. The van der Waals surface area contributed by atoms with Crippen LogP contribution in [0.2, 0.25) is 0 Å².